The van der Waals surface area contributed by atoms with Crippen molar-refractivity contribution in [2.24, 2.45) is 0 Å². The Morgan fingerprint density at radius 2 is 1.73 bits per heavy atom. The van der Waals surface area contributed by atoms with E-state index in [1.165, 1.54) is 0 Å². The van der Waals surface area contributed by atoms with E-state index in [4.69, 9.17) is 46.4 Å². The average Bonchev–Trinajstić information content (AvgIpc) is 2.20. The van der Waals surface area contributed by atoms with E-state index in [-0.39, 0.29) is 32.4 Å². The van der Waals surface area contributed by atoms with Gasteiger partial charge in [0.25, 0.3) is 0 Å². The van der Waals surface area contributed by atoms with Gasteiger partial charge in [0.05, 0.1) is 15.1 Å². The van der Waals surface area contributed by atoms with Crippen molar-refractivity contribution in [1.82, 2.24) is 4.98 Å². The fourth-order valence-corrected chi connectivity index (χ4v) is 1.53. The molecule has 0 bridgehead atoms. The fraction of sp³-hybridized carbons (Fsp3) is 0. The summed E-state index contributed by atoms with van der Waals surface area (Å²) in [5.74, 6) is -1.06. The Kier molecular flexibility index (Phi) is 4.16. The van der Waals surface area contributed by atoms with Gasteiger partial charge in [-0.3, -0.25) is 4.79 Å². The van der Waals surface area contributed by atoms with E-state index in [2.05, 4.69) is 9.72 Å². The van der Waals surface area contributed by atoms with Gasteiger partial charge in [-0.2, -0.15) is 0 Å². The van der Waals surface area contributed by atoms with E-state index in [9.17, 15) is 9.59 Å². The summed E-state index contributed by atoms with van der Waals surface area (Å²) >= 11 is 22.5. The summed E-state index contributed by atoms with van der Waals surface area (Å²) in [6.07, 6.45) is 0. The molecule has 1 aromatic rings. The zero-order valence-corrected chi connectivity index (χ0v) is 9.78. The largest absolute Gasteiger partial charge is 0.391 e. The van der Waals surface area contributed by atoms with Gasteiger partial charge < -0.3 is 4.74 Å². The van der Waals surface area contributed by atoms with Crippen molar-refractivity contribution in [3.05, 3.63) is 25.9 Å². The first-order valence-corrected chi connectivity index (χ1v) is 4.84. The zero-order chi connectivity index (χ0) is 11.6. The highest BCUT2D eigenvalue weighted by molar-refractivity contribution is 6.52. The Morgan fingerprint density at radius 1 is 1.13 bits per heavy atom. The van der Waals surface area contributed by atoms with Gasteiger partial charge in [0, 0.05) is 0 Å². The predicted molar refractivity (Wildman–Crippen MR) is 55.8 cm³/mol. The highest BCUT2D eigenvalue weighted by Crippen LogP contribution is 2.36. The third-order valence-electron chi connectivity index (χ3n) is 1.33. The number of rotatable bonds is 2. The van der Waals surface area contributed by atoms with Crippen LogP contribution >= 0.6 is 46.4 Å². The molecule has 0 aliphatic carbocycles. The molecule has 0 aliphatic heterocycles. The zero-order valence-electron chi connectivity index (χ0n) is 6.76. The molecule has 0 aromatic carbocycles. The van der Waals surface area contributed by atoms with Crippen LogP contribution in [0.25, 0.3) is 0 Å². The monoisotopic (exact) mass is 287 g/mol. The van der Waals surface area contributed by atoms with Crippen molar-refractivity contribution >= 4 is 58.8 Å². The molecule has 0 amide bonds. The van der Waals surface area contributed by atoms with E-state index in [0.29, 0.717) is 0 Å². The van der Waals surface area contributed by atoms with Crippen LogP contribution in [0.2, 0.25) is 20.2 Å². The topological polar surface area (TPSA) is 56.3 Å². The van der Waals surface area contributed by atoms with Crippen molar-refractivity contribution in [3.63, 3.8) is 0 Å². The molecule has 0 unspecified atom stereocenters. The normalized spacial score (nSPS) is 9.87. The summed E-state index contributed by atoms with van der Waals surface area (Å²) in [4.78, 5) is 24.6. The minimum Gasteiger partial charge on any atom is -0.391 e. The maximum Gasteiger partial charge on any atom is 0.366 e. The highest BCUT2D eigenvalue weighted by Gasteiger charge is 2.21. The average molecular weight is 289 g/mol. The Balaban J connectivity index is 3.31. The van der Waals surface area contributed by atoms with E-state index >= 15 is 0 Å². The number of hydrogen-bond acceptors (Lipinski definition) is 4. The lowest BCUT2D eigenvalue weighted by Gasteiger charge is -2.05. The number of halogens is 4. The number of esters is 1. The molecule has 0 saturated carbocycles. The lowest BCUT2D eigenvalue weighted by molar-refractivity contribution is -0.123. The molecule has 0 saturated heterocycles. The molecule has 0 radical (unpaired) electrons. The van der Waals surface area contributed by atoms with E-state index in [0.717, 1.165) is 0 Å². The molecule has 80 valence electrons. The minimum absolute atomic E-state index is 0.0588. The quantitative estimate of drug-likeness (QED) is 0.363. The summed E-state index contributed by atoms with van der Waals surface area (Å²) < 4.78 is 4.03. The third-order valence-corrected chi connectivity index (χ3v) is 3.01. The number of pyridine rings is 1. The van der Waals surface area contributed by atoms with Gasteiger partial charge in [0.15, 0.2) is 5.69 Å². The maximum atomic E-state index is 11.1. The van der Waals surface area contributed by atoms with Gasteiger partial charge in [-0.1, -0.05) is 46.4 Å². The first-order valence-electron chi connectivity index (χ1n) is 3.33. The van der Waals surface area contributed by atoms with Crippen LogP contribution in [0.1, 0.15) is 10.5 Å². The van der Waals surface area contributed by atoms with Crippen LogP contribution < -0.4 is 0 Å². The molecule has 8 heteroatoms. The van der Waals surface area contributed by atoms with Crippen molar-refractivity contribution in [2.45, 2.75) is 0 Å². The van der Waals surface area contributed by atoms with Crippen molar-refractivity contribution in [1.29, 1.82) is 0 Å². The van der Waals surface area contributed by atoms with Gasteiger partial charge in [0.2, 0.25) is 0 Å². The predicted octanol–water partition coefficient (Wildman–Crippen LogP) is 3.01. The van der Waals surface area contributed by atoms with Crippen LogP contribution in [0.15, 0.2) is 0 Å². The number of carbonyl (C=O) groups excluding carboxylic acids is 2. The van der Waals surface area contributed by atoms with Crippen molar-refractivity contribution in [3.8, 4) is 0 Å². The van der Waals surface area contributed by atoms with Crippen LogP contribution in [0.5, 0.6) is 0 Å². The number of ether oxygens (including phenoxy) is 1. The van der Waals surface area contributed by atoms with Gasteiger partial charge in [-0.15, -0.1) is 0 Å². The van der Waals surface area contributed by atoms with Gasteiger partial charge in [-0.05, 0) is 0 Å². The van der Waals surface area contributed by atoms with Crippen LogP contribution in [0.4, 0.5) is 0 Å². The molecule has 1 aromatic heterocycles. The number of aromatic nitrogens is 1. The van der Waals surface area contributed by atoms with Gasteiger partial charge in [-0.25, -0.2) is 9.78 Å². The van der Waals surface area contributed by atoms with Crippen molar-refractivity contribution < 1.29 is 14.3 Å². The Bertz CT molecular complexity index is 435. The second-order valence-electron chi connectivity index (χ2n) is 2.19. The van der Waals surface area contributed by atoms with E-state index in [1.54, 1.807) is 0 Å². The van der Waals surface area contributed by atoms with Crippen LogP contribution in [0, 0.1) is 0 Å². The van der Waals surface area contributed by atoms with E-state index in [1.807, 2.05) is 0 Å². The summed E-state index contributed by atoms with van der Waals surface area (Å²) in [5.41, 5.74) is -0.372. The van der Waals surface area contributed by atoms with Crippen LogP contribution in [-0.2, 0) is 9.53 Å². The first kappa shape index (κ1) is 12.5. The lowest BCUT2D eigenvalue weighted by atomic mass is 10.3. The molecule has 0 N–H and O–H groups in total. The molecule has 1 rings (SSSR count). The molecule has 0 spiro atoms. The molecule has 0 atom stereocenters. The standard InChI is InChI=1S/C7HCl4NO3/c8-2-3(9)5(7(14)15-1-13)12-6(11)4(2)10/h1H. The second-order valence-corrected chi connectivity index (χ2v) is 3.69. The Labute approximate surface area is 104 Å². The first-order chi connectivity index (χ1) is 6.99. The third kappa shape index (κ3) is 2.52. The Hall–Kier alpha value is -0.550. The summed E-state index contributed by atoms with van der Waals surface area (Å²) in [5, 5.41) is -0.635. The maximum absolute atomic E-state index is 11.1. The van der Waals surface area contributed by atoms with Gasteiger partial charge >= 0.3 is 12.4 Å². The Morgan fingerprint density at radius 3 is 2.27 bits per heavy atom. The molecule has 0 aliphatic rings. The van der Waals surface area contributed by atoms with Crippen LogP contribution in [-0.4, -0.2) is 17.4 Å². The lowest BCUT2D eigenvalue weighted by Crippen LogP contribution is -2.07. The molecule has 4 nitrogen and oxygen atoms in total. The molecular formula is C7HCl4NO3. The number of nitrogens with zero attached hydrogens (tertiary/aromatic N) is 1. The molecule has 0 fully saturated rings. The SMILES string of the molecule is O=COC(=O)c1nc(Cl)c(Cl)c(Cl)c1Cl. The van der Waals surface area contributed by atoms with Crippen LogP contribution in [0.3, 0.4) is 0 Å². The van der Waals surface area contributed by atoms with E-state index < -0.39 is 5.97 Å². The molecule has 1 heterocycles. The molecule has 15 heavy (non-hydrogen) atoms. The van der Waals surface area contributed by atoms with Gasteiger partial charge in [0.1, 0.15) is 5.15 Å². The fourth-order valence-electron chi connectivity index (χ4n) is 0.722. The number of carbonyl (C=O) groups is 2. The minimum atomic E-state index is -1.06. The summed E-state index contributed by atoms with van der Waals surface area (Å²) in [6.45, 7) is -0.0588. The summed E-state index contributed by atoms with van der Waals surface area (Å²) in [6, 6.07) is 0. The number of hydrogen-bond donors (Lipinski definition) is 0. The van der Waals surface area contributed by atoms with Crippen molar-refractivity contribution in [2.75, 3.05) is 0 Å². The summed E-state index contributed by atoms with van der Waals surface area (Å²) in [7, 11) is 0. The molecular weight excluding hydrogens is 288 g/mol. The second kappa shape index (κ2) is 4.99. The highest BCUT2D eigenvalue weighted by atomic mass is 35.5. The smallest absolute Gasteiger partial charge is 0.366 e.